The van der Waals surface area contributed by atoms with Gasteiger partial charge in [0.15, 0.2) is 9.84 Å². The lowest BCUT2D eigenvalue weighted by Crippen LogP contribution is -2.17. The predicted molar refractivity (Wildman–Crippen MR) is 51.4 cm³/mol. The van der Waals surface area contributed by atoms with E-state index < -0.39 is 21.9 Å². The number of rotatable bonds is 3. The van der Waals surface area contributed by atoms with E-state index in [1.807, 2.05) is 0 Å². The molecule has 0 aliphatic carbocycles. The number of alkyl halides is 3. The van der Waals surface area contributed by atoms with Crippen LogP contribution >= 0.6 is 0 Å². The van der Waals surface area contributed by atoms with Crippen LogP contribution in [-0.2, 0) is 9.84 Å². The van der Waals surface area contributed by atoms with E-state index in [4.69, 9.17) is 0 Å². The third kappa shape index (κ3) is 5.01. The van der Waals surface area contributed by atoms with Gasteiger partial charge in [-0.3, -0.25) is 0 Å². The van der Waals surface area contributed by atoms with Gasteiger partial charge in [0, 0.05) is 6.26 Å². The molecule has 0 saturated heterocycles. The van der Waals surface area contributed by atoms with Crippen LogP contribution in [0.2, 0.25) is 0 Å². The third-order valence-electron chi connectivity index (χ3n) is 1.44. The zero-order chi connectivity index (χ0) is 12.4. The summed E-state index contributed by atoms with van der Waals surface area (Å²) in [5, 5.41) is 0. The summed E-state index contributed by atoms with van der Waals surface area (Å²) in [7, 11) is -3.40. The van der Waals surface area contributed by atoms with E-state index in [2.05, 4.69) is 4.74 Å². The van der Waals surface area contributed by atoms with Crippen molar-refractivity contribution in [2.45, 2.75) is 6.36 Å². The Balaban J connectivity index is 2.88. The number of hydrogen-bond acceptors (Lipinski definition) is 3. The van der Waals surface area contributed by atoms with Gasteiger partial charge in [0.25, 0.3) is 0 Å². The first-order valence-electron chi connectivity index (χ1n) is 4.06. The van der Waals surface area contributed by atoms with Gasteiger partial charge >= 0.3 is 6.36 Å². The lowest BCUT2D eigenvalue weighted by molar-refractivity contribution is -0.274. The Morgan fingerprint density at radius 3 is 2.44 bits per heavy atom. The van der Waals surface area contributed by atoms with E-state index in [0.717, 1.165) is 24.1 Å². The largest absolute Gasteiger partial charge is 0.573 e. The number of ether oxygens (including phenoxy) is 1. The molecular weight excluding hydrogens is 245 g/mol. The molecule has 1 radical (unpaired) electrons. The molecule has 0 atom stereocenters. The van der Waals surface area contributed by atoms with Crippen molar-refractivity contribution in [3.05, 3.63) is 35.6 Å². The number of sulfone groups is 1. The normalized spacial score (nSPS) is 12.5. The fourth-order valence-corrected chi connectivity index (χ4v) is 1.67. The molecule has 16 heavy (non-hydrogen) atoms. The molecule has 1 rings (SSSR count). The Morgan fingerprint density at radius 1 is 1.31 bits per heavy atom. The van der Waals surface area contributed by atoms with Crippen LogP contribution in [0.3, 0.4) is 0 Å². The predicted octanol–water partition coefficient (Wildman–Crippen LogP) is 2.14. The van der Waals surface area contributed by atoms with Crippen molar-refractivity contribution in [1.29, 1.82) is 0 Å². The molecule has 0 aromatic heterocycles. The Bertz CT molecular complexity index is 465. The minimum atomic E-state index is -4.79. The summed E-state index contributed by atoms with van der Waals surface area (Å²) in [6.07, 6.45) is -3.84. The first-order chi connectivity index (χ1) is 7.16. The standard InChI is InChI=1S/C9H8F3O3S/c1-16(13,14)6-7-3-2-4-8(5-7)15-9(10,11)12/h2-6H,1H3. The fraction of sp³-hybridized carbons (Fsp3) is 0.222. The minimum Gasteiger partial charge on any atom is -0.406 e. The summed E-state index contributed by atoms with van der Waals surface area (Å²) >= 11 is 0. The quantitative estimate of drug-likeness (QED) is 0.828. The van der Waals surface area contributed by atoms with Gasteiger partial charge in [0.2, 0.25) is 0 Å². The zero-order valence-corrected chi connectivity index (χ0v) is 8.97. The summed E-state index contributed by atoms with van der Waals surface area (Å²) in [6.45, 7) is 0. The first kappa shape index (κ1) is 12.8. The summed E-state index contributed by atoms with van der Waals surface area (Å²) in [6, 6.07) is 4.73. The molecule has 0 fully saturated rings. The molecule has 0 unspecified atom stereocenters. The van der Waals surface area contributed by atoms with Crippen LogP contribution in [0.25, 0.3) is 0 Å². The number of benzene rings is 1. The Hall–Kier alpha value is -1.24. The van der Waals surface area contributed by atoms with Gasteiger partial charge < -0.3 is 4.74 Å². The SMILES string of the molecule is CS(=O)(=O)[CH]c1cccc(OC(F)(F)F)c1. The highest BCUT2D eigenvalue weighted by atomic mass is 32.2. The van der Waals surface area contributed by atoms with E-state index >= 15 is 0 Å². The van der Waals surface area contributed by atoms with E-state index in [-0.39, 0.29) is 5.56 Å². The van der Waals surface area contributed by atoms with Crippen LogP contribution in [0.4, 0.5) is 13.2 Å². The minimum absolute atomic E-state index is 0.129. The van der Waals surface area contributed by atoms with Crippen molar-refractivity contribution >= 4 is 9.84 Å². The van der Waals surface area contributed by atoms with Gasteiger partial charge in [-0.1, -0.05) is 12.1 Å². The monoisotopic (exact) mass is 253 g/mol. The Kier molecular flexibility index (Phi) is 3.47. The molecule has 0 aliphatic rings. The van der Waals surface area contributed by atoms with Crippen LogP contribution in [0.5, 0.6) is 5.75 Å². The van der Waals surface area contributed by atoms with Crippen LogP contribution in [0.15, 0.2) is 24.3 Å². The van der Waals surface area contributed by atoms with Gasteiger partial charge in [-0.05, 0) is 17.7 Å². The second-order valence-electron chi connectivity index (χ2n) is 3.07. The maximum absolute atomic E-state index is 11.9. The summed E-state index contributed by atoms with van der Waals surface area (Å²) in [5.74, 6) is 0.404. The summed E-state index contributed by atoms with van der Waals surface area (Å²) < 4.78 is 61.0. The van der Waals surface area contributed by atoms with E-state index in [0.29, 0.717) is 0 Å². The topological polar surface area (TPSA) is 43.4 Å². The average Bonchev–Trinajstić information content (AvgIpc) is 1.96. The maximum atomic E-state index is 11.9. The molecule has 7 heteroatoms. The van der Waals surface area contributed by atoms with Crippen molar-refractivity contribution in [2.75, 3.05) is 6.26 Å². The molecule has 3 nitrogen and oxygen atoms in total. The van der Waals surface area contributed by atoms with Gasteiger partial charge in [-0.15, -0.1) is 13.2 Å². The first-order valence-corrected chi connectivity index (χ1v) is 6.02. The highest BCUT2D eigenvalue weighted by Gasteiger charge is 2.31. The van der Waals surface area contributed by atoms with Gasteiger partial charge in [0.1, 0.15) is 11.5 Å². The lowest BCUT2D eigenvalue weighted by Gasteiger charge is -2.09. The molecule has 0 saturated carbocycles. The molecule has 0 N–H and O–H groups in total. The lowest BCUT2D eigenvalue weighted by atomic mass is 10.2. The molecule has 1 aromatic carbocycles. The van der Waals surface area contributed by atoms with Crippen LogP contribution in [0, 0.1) is 5.75 Å². The average molecular weight is 253 g/mol. The number of halogens is 3. The van der Waals surface area contributed by atoms with Crippen molar-refractivity contribution in [1.82, 2.24) is 0 Å². The molecule has 0 amide bonds. The molecular formula is C9H8F3O3S. The van der Waals surface area contributed by atoms with Crippen LogP contribution in [0.1, 0.15) is 5.56 Å². The van der Waals surface area contributed by atoms with Crippen molar-refractivity contribution < 1.29 is 26.3 Å². The third-order valence-corrected chi connectivity index (χ3v) is 2.14. The molecule has 0 heterocycles. The number of hydrogen-bond donors (Lipinski definition) is 0. The summed E-state index contributed by atoms with van der Waals surface area (Å²) in [5.41, 5.74) is 0.129. The highest BCUT2D eigenvalue weighted by molar-refractivity contribution is 7.92. The van der Waals surface area contributed by atoms with Gasteiger partial charge in [-0.2, -0.15) is 0 Å². The molecule has 0 bridgehead atoms. The van der Waals surface area contributed by atoms with E-state index in [1.54, 1.807) is 0 Å². The van der Waals surface area contributed by atoms with Crippen LogP contribution in [-0.4, -0.2) is 21.0 Å². The second kappa shape index (κ2) is 4.32. The van der Waals surface area contributed by atoms with Gasteiger partial charge in [0.05, 0.1) is 0 Å². The fourth-order valence-electron chi connectivity index (χ4n) is 1.03. The zero-order valence-electron chi connectivity index (χ0n) is 8.15. The van der Waals surface area contributed by atoms with Crippen molar-refractivity contribution in [2.24, 2.45) is 0 Å². The summed E-state index contributed by atoms with van der Waals surface area (Å²) in [4.78, 5) is 0. The Morgan fingerprint density at radius 2 is 1.94 bits per heavy atom. The molecule has 0 spiro atoms. The van der Waals surface area contributed by atoms with Gasteiger partial charge in [-0.25, -0.2) is 8.42 Å². The Labute approximate surface area is 90.8 Å². The van der Waals surface area contributed by atoms with E-state index in [9.17, 15) is 21.6 Å². The molecule has 0 aliphatic heterocycles. The second-order valence-corrected chi connectivity index (χ2v) is 4.96. The van der Waals surface area contributed by atoms with Crippen molar-refractivity contribution in [3.8, 4) is 5.75 Å². The maximum Gasteiger partial charge on any atom is 0.573 e. The molecule has 89 valence electrons. The van der Waals surface area contributed by atoms with Crippen molar-refractivity contribution in [3.63, 3.8) is 0 Å². The highest BCUT2D eigenvalue weighted by Crippen LogP contribution is 2.24. The molecule has 1 aromatic rings. The van der Waals surface area contributed by atoms with Crippen LogP contribution < -0.4 is 4.74 Å². The van der Waals surface area contributed by atoms with E-state index in [1.165, 1.54) is 12.1 Å². The smallest absolute Gasteiger partial charge is 0.406 e.